The number of fused-ring (bicyclic) bond motifs is 5. The predicted molar refractivity (Wildman–Crippen MR) is 104 cm³/mol. The average molecular weight is 370 g/mol. The first-order valence-electron chi connectivity index (χ1n) is 10.2. The monoisotopic (exact) mass is 370 g/mol. The van der Waals surface area contributed by atoms with Crippen LogP contribution in [-0.2, 0) is 14.4 Å². The molecule has 1 aromatic rings. The van der Waals surface area contributed by atoms with Gasteiger partial charge in [-0.2, -0.15) is 0 Å². The molecule has 2 saturated carbocycles. The first-order valence-corrected chi connectivity index (χ1v) is 10.2. The maximum Gasteiger partial charge on any atom is 0.207 e. The van der Waals surface area contributed by atoms with Crippen molar-refractivity contribution in [3.63, 3.8) is 0 Å². The first kappa shape index (κ1) is 18.5. The molecule has 3 aliphatic rings. The van der Waals surface area contributed by atoms with Crippen molar-refractivity contribution in [2.24, 2.45) is 28.8 Å². The lowest BCUT2D eigenvalue weighted by Gasteiger charge is -2.33. The maximum absolute atomic E-state index is 11.1. The molecule has 1 heterocycles. The summed E-state index contributed by atoms with van der Waals surface area (Å²) in [4.78, 5) is 16.9. The Bertz CT molecular complexity index is 690. The van der Waals surface area contributed by atoms with Crippen molar-refractivity contribution < 1.29 is 14.4 Å². The molecule has 1 N–H and O–H groups in total. The minimum Gasteiger partial charge on any atom is -0.391 e. The van der Waals surface area contributed by atoms with E-state index in [1.165, 1.54) is 19.3 Å². The Hall–Kier alpha value is -1.88. The Morgan fingerprint density at radius 2 is 1.89 bits per heavy atom. The second-order valence-electron chi connectivity index (χ2n) is 8.65. The number of hydrogen-bond acceptors (Lipinski definition) is 4. The van der Waals surface area contributed by atoms with Gasteiger partial charge in [-0.05, 0) is 49.5 Å². The molecule has 0 saturated heterocycles. The lowest BCUT2D eigenvalue weighted by atomic mass is 9.80. The summed E-state index contributed by atoms with van der Waals surface area (Å²) in [6, 6.07) is 9.98. The van der Waals surface area contributed by atoms with Crippen molar-refractivity contribution >= 4 is 12.1 Å². The standard InChI is InChI=1S/C22H30N2O3/c1-13(2)20(19-18-16-9-10-17(11-16)22(18)27-24-19)26-21(14(3)23-12-25)15-7-5-4-6-8-15/h4-8,12-14,16-18,20-22H,9-11H2,1-3H3,(H,23,25)/t14-,16+,17+,18+,20+,21-,22+/m0/s1. The summed E-state index contributed by atoms with van der Waals surface area (Å²) in [6.45, 7) is 6.33. The molecule has 27 heavy (non-hydrogen) atoms. The SMILES string of the molecule is CC(C)[C@@H](O[C@H](c1ccccc1)[C@H](C)NC=O)C1=NO[C@@H]2[C@@H]3CC[C@H](C3)[C@H]12. The van der Waals surface area contributed by atoms with Gasteiger partial charge in [0.2, 0.25) is 6.41 Å². The molecule has 1 aliphatic heterocycles. The molecule has 146 valence electrons. The van der Waals surface area contributed by atoms with Crippen LogP contribution >= 0.6 is 0 Å². The van der Waals surface area contributed by atoms with E-state index in [0.29, 0.717) is 17.8 Å². The van der Waals surface area contributed by atoms with E-state index >= 15 is 0 Å². The molecule has 1 aromatic carbocycles. The van der Waals surface area contributed by atoms with E-state index in [4.69, 9.17) is 9.57 Å². The van der Waals surface area contributed by atoms with Crippen molar-refractivity contribution in [2.75, 3.05) is 0 Å². The molecule has 5 nitrogen and oxygen atoms in total. The second kappa shape index (κ2) is 7.63. The summed E-state index contributed by atoms with van der Waals surface area (Å²) < 4.78 is 6.68. The van der Waals surface area contributed by atoms with E-state index in [9.17, 15) is 4.79 Å². The van der Waals surface area contributed by atoms with Crippen LogP contribution in [0.4, 0.5) is 0 Å². The summed E-state index contributed by atoms with van der Waals surface area (Å²) in [5.74, 6) is 2.03. The number of nitrogens with one attached hydrogen (secondary N) is 1. The topological polar surface area (TPSA) is 59.9 Å². The lowest BCUT2D eigenvalue weighted by Crippen LogP contribution is -2.42. The zero-order valence-electron chi connectivity index (χ0n) is 16.4. The van der Waals surface area contributed by atoms with Crippen LogP contribution in [0.5, 0.6) is 0 Å². The molecule has 0 spiro atoms. The van der Waals surface area contributed by atoms with Gasteiger partial charge in [0.1, 0.15) is 18.3 Å². The second-order valence-corrected chi connectivity index (χ2v) is 8.65. The number of carbonyl (C=O) groups excluding carboxylic acids is 1. The van der Waals surface area contributed by atoms with E-state index in [1.807, 2.05) is 25.1 Å². The van der Waals surface area contributed by atoms with Gasteiger partial charge < -0.3 is 14.9 Å². The Morgan fingerprint density at radius 3 is 2.59 bits per heavy atom. The van der Waals surface area contributed by atoms with Gasteiger partial charge in [-0.15, -0.1) is 0 Å². The molecule has 2 bridgehead atoms. The molecular formula is C22H30N2O3. The van der Waals surface area contributed by atoms with Crippen molar-refractivity contribution in [1.29, 1.82) is 0 Å². The molecule has 0 unspecified atom stereocenters. The van der Waals surface area contributed by atoms with Crippen LogP contribution < -0.4 is 5.32 Å². The number of amides is 1. The van der Waals surface area contributed by atoms with Crippen LogP contribution in [0, 0.1) is 23.7 Å². The minimum absolute atomic E-state index is 0.111. The summed E-state index contributed by atoms with van der Waals surface area (Å²) in [7, 11) is 0. The summed E-state index contributed by atoms with van der Waals surface area (Å²) in [5.41, 5.74) is 2.15. The average Bonchev–Trinajstić information content (AvgIpc) is 3.37. The van der Waals surface area contributed by atoms with Crippen LogP contribution in [0.3, 0.4) is 0 Å². The zero-order valence-corrected chi connectivity index (χ0v) is 16.4. The smallest absolute Gasteiger partial charge is 0.207 e. The molecule has 1 amide bonds. The summed E-state index contributed by atoms with van der Waals surface area (Å²) in [6.07, 6.45) is 4.48. The van der Waals surface area contributed by atoms with Gasteiger partial charge in [0.25, 0.3) is 0 Å². The number of oxime groups is 1. The van der Waals surface area contributed by atoms with Crippen molar-refractivity contribution in [3.05, 3.63) is 35.9 Å². The Labute approximate surface area is 161 Å². The quantitative estimate of drug-likeness (QED) is 0.710. The molecule has 2 fully saturated rings. The number of carbonyl (C=O) groups is 1. The fourth-order valence-electron chi connectivity index (χ4n) is 5.27. The highest BCUT2D eigenvalue weighted by Crippen LogP contribution is 2.53. The van der Waals surface area contributed by atoms with Gasteiger partial charge in [-0.3, -0.25) is 4.79 Å². The van der Waals surface area contributed by atoms with Crippen LogP contribution in [-0.4, -0.2) is 30.4 Å². The van der Waals surface area contributed by atoms with E-state index < -0.39 is 0 Å². The molecule has 0 aromatic heterocycles. The largest absolute Gasteiger partial charge is 0.391 e. The van der Waals surface area contributed by atoms with Crippen molar-refractivity contribution in [3.8, 4) is 0 Å². The normalized spacial score (nSPS) is 31.8. The van der Waals surface area contributed by atoms with E-state index in [-0.39, 0.29) is 30.3 Å². The number of benzene rings is 1. The number of ether oxygens (including phenoxy) is 1. The fraction of sp³-hybridized carbons (Fsp3) is 0.636. The highest BCUT2D eigenvalue weighted by atomic mass is 16.6. The van der Waals surface area contributed by atoms with Crippen LogP contribution in [0.1, 0.15) is 51.7 Å². The summed E-state index contributed by atoms with van der Waals surface area (Å²) in [5, 5.41) is 7.41. The van der Waals surface area contributed by atoms with Gasteiger partial charge in [-0.1, -0.05) is 49.3 Å². The van der Waals surface area contributed by atoms with Crippen LogP contribution in [0.2, 0.25) is 0 Å². The molecular weight excluding hydrogens is 340 g/mol. The van der Waals surface area contributed by atoms with Gasteiger partial charge in [0.05, 0.1) is 11.8 Å². The number of rotatable bonds is 8. The summed E-state index contributed by atoms with van der Waals surface area (Å²) >= 11 is 0. The first-order chi connectivity index (χ1) is 13.1. The third-order valence-electron chi connectivity index (χ3n) is 6.56. The van der Waals surface area contributed by atoms with Gasteiger partial charge in [0, 0.05) is 5.92 Å². The Balaban J connectivity index is 1.58. The third kappa shape index (κ3) is 3.38. The van der Waals surface area contributed by atoms with Gasteiger partial charge in [0.15, 0.2) is 0 Å². The van der Waals surface area contributed by atoms with Crippen molar-refractivity contribution in [2.45, 2.75) is 64.4 Å². The lowest BCUT2D eigenvalue weighted by molar-refractivity contribution is -0.111. The van der Waals surface area contributed by atoms with E-state index in [0.717, 1.165) is 17.7 Å². The molecule has 7 atom stereocenters. The van der Waals surface area contributed by atoms with Crippen LogP contribution in [0.15, 0.2) is 35.5 Å². The number of hydrogen-bond donors (Lipinski definition) is 1. The van der Waals surface area contributed by atoms with E-state index in [2.05, 4.69) is 36.5 Å². The maximum atomic E-state index is 11.1. The van der Waals surface area contributed by atoms with E-state index in [1.54, 1.807) is 0 Å². The van der Waals surface area contributed by atoms with Gasteiger partial charge >= 0.3 is 0 Å². The number of nitrogens with zero attached hydrogens (tertiary/aromatic N) is 1. The van der Waals surface area contributed by atoms with Crippen molar-refractivity contribution in [1.82, 2.24) is 5.32 Å². The zero-order chi connectivity index (χ0) is 19.0. The Morgan fingerprint density at radius 1 is 1.15 bits per heavy atom. The van der Waals surface area contributed by atoms with Crippen LogP contribution in [0.25, 0.3) is 0 Å². The van der Waals surface area contributed by atoms with Gasteiger partial charge in [-0.25, -0.2) is 0 Å². The molecule has 4 rings (SSSR count). The highest BCUT2D eigenvalue weighted by Gasteiger charge is 2.56. The minimum atomic E-state index is -0.232. The third-order valence-corrected chi connectivity index (χ3v) is 6.56. The highest BCUT2D eigenvalue weighted by molar-refractivity contribution is 5.93. The molecule has 2 aliphatic carbocycles. The fourth-order valence-corrected chi connectivity index (χ4v) is 5.27. The molecule has 5 heteroatoms. The predicted octanol–water partition coefficient (Wildman–Crippen LogP) is 3.70. The Kier molecular flexibility index (Phi) is 5.22. The molecule has 0 radical (unpaired) electrons.